The lowest BCUT2D eigenvalue weighted by molar-refractivity contribution is 0.0520. The van der Waals surface area contributed by atoms with E-state index in [1.54, 1.807) is 12.1 Å². The van der Waals surface area contributed by atoms with Crippen LogP contribution in [0.4, 0.5) is 4.39 Å². The fourth-order valence-electron chi connectivity index (χ4n) is 2.44. The Bertz CT molecular complexity index is 460. The van der Waals surface area contributed by atoms with Crippen LogP contribution in [0.2, 0.25) is 5.02 Å². The summed E-state index contributed by atoms with van der Waals surface area (Å²) in [5, 5.41) is 0.373. The lowest BCUT2D eigenvalue weighted by Crippen LogP contribution is -2.37. The van der Waals surface area contributed by atoms with Gasteiger partial charge < -0.3 is 4.74 Å². The largest absolute Gasteiger partial charge is 0.381 e. The molecule has 0 N–H and O–H groups in total. The summed E-state index contributed by atoms with van der Waals surface area (Å²) in [4.78, 5) is 14.0. The van der Waals surface area contributed by atoms with E-state index >= 15 is 0 Å². The van der Waals surface area contributed by atoms with Crippen LogP contribution in [0.1, 0.15) is 18.4 Å². The van der Waals surface area contributed by atoms with Crippen molar-refractivity contribution in [3.05, 3.63) is 34.6 Å². The summed E-state index contributed by atoms with van der Waals surface area (Å²) in [6.45, 7) is 1.22. The summed E-state index contributed by atoms with van der Waals surface area (Å²) in [5.74, 6) is -0.356. The molecule has 0 spiro atoms. The quantitative estimate of drug-likeness (QED) is 0.625. The van der Waals surface area contributed by atoms with E-state index in [2.05, 4.69) is 4.99 Å². The number of rotatable bonds is 3. The zero-order chi connectivity index (χ0) is 13.0. The van der Waals surface area contributed by atoms with Gasteiger partial charge in [-0.15, -0.1) is 0 Å². The van der Waals surface area contributed by atoms with Crippen LogP contribution in [0.3, 0.4) is 0 Å². The predicted octanol–water partition coefficient (Wildman–Crippen LogP) is 2.86. The maximum atomic E-state index is 14.0. The molecule has 0 radical (unpaired) electrons. The highest BCUT2D eigenvalue weighted by Gasteiger charge is 2.38. The monoisotopic (exact) mass is 269 g/mol. The second-order valence-electron chi connectivity index (χ2n) is 4.40. The highest BCUT2D eigenvalue weighted by atomic mass is 35.5. The SMILES string of the molecule is O=C=NCC1(c2c(F)cccc2Cl)CCOCC1. The van der Waals surface area contributed by atoms with Crippen molar-refractivity contribution in [3.63, 3.8) is 0 Å². The number of aliphatic imine (C=N–C) groups is 1. The Morgan fingerprint density at radius 1 is 1.44 bits per heavy atom. The number of halogens is 2. The molecule has 0 saturated carbocycles. The van der Waals surface area contributed by atoms with Gasteiger partial charge >= 0.3 is 0 Å². The van der Waals surface area contributed by atoms with Crippen molar-refractivity contribution in [1.82, 2.24) is 0 Å². The van der Waals surface area contributed by atoms with Crippen LogP contribution in [0.15, 0.2) is 23.2 Å². The Balaban J connectivity index is 2.48. The van der Waals surface area contributed by atoms with Gasteiger partial charge in [-0.2, -0.15) is 0 Å². The molecule has 0 aromatic heterocycles. The molecule has 5 heteroatoms. The van der Waals surface area contributed by atoms with Gasteiger partial charge in [0.1, 0.15) is 5.82 Å². The van der Waals surface area contributed by atoms with Crippen molar-refractivity contribution >= 4 is 17.7 Å². The van der Waals surface area contributed by atoms with Gasteiger partial charge in [-0.05, 0) is 25.0 Å². The third-order valence-electron chi connectivity index (χ3n) is 3.39. The number of benzene rings is 1. The third kappa shape index (κ3) is 2.46. The highest BCUT2D eigenvalue weighted by molar-refractivity contribution is 6.31. The molecule has 2 rings (SSSR count). The van der Waals surface area contributed by atoms with Crippen molar-refractivity contribution in [2.75, 3.05) is 19.8 Å². The molecule has 1 saturated heterocycles. The Labute approximate surface area is 110 Å². The van der Waals surface area contributed by atoms with Crippen LogP contribution >= 0.6 is 11.6 Å². The summed E-state index contributed by atoms with van der Waals surface area (Å²) < 4.78 is 19.3. The fraction of sp³-hybridized carbons (Fsp3) is 0.462. The normalized spacial score (nSPS) is 18.1. The van der Waals surface area contributed by atoms with Crippen molar-refractivity contribution in [2.45, 2.75) is 18.3 Å². The van der Waals surface area contributed by atoms with Crippen molar-refractivity contribution in [1.29, 1.82) is 0 Å². The maximum absolute atomic E-state index is 14.0. The molecule has 1 aliphatic heterocycles. The first-order valence-electron chi connectivity index (χ1n) is 5.75. The second-order valence-corrected chi connectivity index (χ2v) is 4.80. The van der Waals surface area contributed by atoms with Gasteiger partial charge in [0.05, 0.1) is 6.54 Å². The van der Waals surface area contributed by atoms with Crippen LogP contribution in [-0.4, -0.2) is 25.8 Å². The summed E-state index contributed by atoms with van der Waals surface area (Å²) in [6, 6.07) is 4.60. The van der Waals surface area contributed by atoms with E-state index in [0.29, 0.717) is 36.6 Å². The molecule has 0 amide bonds. The van der Waals surface area contributed by atoms with E-state index in [-0.39, 0.29) is 12.4 Å². The number of ether oxygens (including phenoxy) is 1. The molecule has 1 aromatic carbocycles. The van der Waals surface area contributed by atoms with Gasteiger partial charge in [-0.3, -0.25) is 0 Å². The maximum Gasteiger partial charge on any atom is 0.234 e. The standard InChI is InChI=1S/C13H13ClFNO2/c14-10-2-1-3-11(15)12(10)13(8-16-9-17)4-6-18-7-5-13/h1-3H,4-8H2. The van der Waals surface area contributed by atoms with Crippen LogP contribution in [0.25, 0.3) is 0 Å². The number of hydrogen-bond donors (Lipinski definition) is 0. The first kappa shape index (κ1) is 13.2. The zero-order valence-corrected chi connectivity index (χ0v) is 10.5. The summed E-state index contributed by atoms with van der Waals surface area (Å²) in [5.41, 5.74) is -0.119. The zero-order valence-electron chi connectivity index (χ0n) is 9.79. The molecule has 1 aliphatic rings. The number of nitrogens with zero attached hydrogens (tertiary/aromatic N) is 1. The minimum atomic E-state index is -0.557. The molecule has 96 valence electrons. The van der Waals surface area contributed by atoms with Gasteiger partial charge in [-0.1, -0.05) is 17.7 Å². The van der Waals surface area contributed by atoms with E-state index in [4.69, 9.17) is 16.3 Å². The number of carbonyl (C=O) groups excluding carboxylic acids is 1. The Morgan fingerprint density at radius 3 is 2.78 bits per heavy atom. The van der Waals surface area contributed by atoms with Gasteiger partial charge in [0.2, 0.25) is 6.08 Å². The molecule has 18 heavy (non-hydrogen) atoms. The molecule has 0 aliphatic carbocycles. The van der Waals surface area contributed by atoms with Crippen LogP contribution in [0.5, 0.6) is 0 Å². The second kappa shape index (κ2) is 5.61. The van der Waals surface area contributed by atoms with Crippen LogP contribution in [0, 0.1) is 5.82 Å². The molecule has 0 unspecified atom stereocenters. The molecule has 0 bridgehead atoms. The molecule has 1 fully saturated rings. The van der Waals surface area contributed by atoms with Gasteiger partial charge in [-0.25, -0.2) is 14.2 Å². The molecule has 1 aromatic rings. The smallest absolute Gasteiger partial charge is 0.234 e. The Morgan fingerprint density at radius 2 is 2.17 bits per heavy atom. The van der Waals surface area contributed by atoms with Gasteiger partial charge in [0.25, 0.3) is 0 Å². The molecule has 3 nitrogen and oxygen atoms in total. The number of isocyanates is 1. The third-order valence-corrected chi connectivity index (χ3v) is 3.70. The fourth-order valence-corrected chi connectivity index (χ4v) is 2.80. The highest BCUT2D eigenvalue weighted by Crippen LogP contribution is 2.40. The topological polar surface area (TPSA) is 38.7 Å². The van der Waals surface area contributed by atoms with Crippen molar-refractivity contribution in [3.8, 4) is 0 Å². The average molecular weight is 270 g/mol. The van der Waals surface area contributed by atoms with Crippen LogP contribution in [-0.2, 0) is 14.9 Å². The molecule has 0 atom stereocenters. The van der Waals surface area contributed by atoms with E-state index in [1.807, 2.05) is 0 Å². The summed E-state index contributed by atoms with van der Waals surface area (Å²) >= 11 is 6.11. The lowest BCUT2D eigenvalue weighted by atomic mass is 9.74. The first-order chi connectivity index (χ1) is 8.69. The van der Waals surface area contributed by atoms with E-state index in [0.717, 1.165) is 0 Å². The average Bonchev–Trinajstić information content (AvgIpc) is 2.37. The van der Waals surface area contributed by atoms with E-state index in [1.165, 1.54) is 12.1 Å². The van der Waals surface area contributed by atoms with Gasteiger partial charge in [0.15, 0.2) is 0 Å². The minimum Gasteiger partial charge on any atom is -0.381 e. The van der Waals surface area contributed by atoms with Crippen molar-refractivity contribution in [2.24, 2.45) is 4.99 Å². The minimum absolute atomic E-state index is 0.195. The van der Waals surface area contributed by atoms with E-state index in [9.17, 15) is 9.18 Å². The Kier molecular flexibility index (Phi) is 4.12. The molecular formula is C13H13ClFNO2. The van der Waals surface area contributed by atoms with Crippen LogP contribution < -0.4 is 0 Å². The van der Waals surface area contributed by atoms with Gasteiger partial charge in [0, 0.05) is 29.2 Å². The summed E-state index contributed by atoms with van der Waals surface area (Å²) in [6.07, 6.45) is 2.71. The van der Waals surface area contributed by atoms with E-state index < -0.39 is 5.41 Å². The lowest BCUT2D eigenvalue weighted by Gasteiger charge is -2.36. The number of hydrogen-bond acceptors (Lipinski definition) is 3. The molecular weight excluding hydrogens is 257 g/mol. The first-order valence-corrected chi connectivity index (χ1v) is 6.13. The molecule has 1 heterocycles. The van der Waals surface area contributed by atoms with Crippen molar-refractivity contribution < 1.29 is 13.9 Å². The summed E-state index contributed by atoms with van der Waals surface area (Å²) in [7, 11) is 0. The predicted molar refractivity (Wildman–Crippen MR) is 66.1 cm³/mol. The Hall–Kier alpha value is -1.22.